The first-order valence-corrected chi connectivity index (χ1v) is 11.2. The van der Waals surface area contributed by atoms with E-state index in [1.165, 1.54) is 12.1 Å². The number of rotatable bonds is 7. The lowest BCUT2D eigenvalue weighted by Gasteiger charge is -2.28. The maximum absolute atomic E-state index is 13.2. The summed E-state index contributed by atoms with van der Waals surface area (Å²) in [7, 11) is -3.99. The highest BCUT2D eigenvalue weighted by Gasteiger charge is 2.31. The minimum atomic E-state index is -3.99. The number of nitrogens with one attached hydrogen (secondary N) is 1. The first-order valence-electron chi connectivity index (χ1n) is 9.78. The second kappa shape index (κ2) is 9.78. The highest BCUT2D eigenvalue weighted by atomic mass is 32.2. The fourth-order valence-electron chi connectivity index (χ4n) is 2.48. The average Bonchev–Trinajstić information content (AvgIpc) is 2.50. The Kier molecular flexibility index (Phi) is 8.45. The zero-order valence-electron chi connectivity index (χ0n) is 19.1. The predicted molar refractivity (Wildman–Crippen MR) is 115 cm³/mol. The Morgan fingerprint density at radius 2 is 1.50 bits per heavy atom. The summed E-state index contributed by atoms with van der Waals surface area (Å²) < 4.78 is 37.8. The van der Waals surface area contributed by atoms with Crippen LogP contribution >= 0.6 is 0 Å². The van der Waals surface area contributed by atoms with Crippen molar-refractivity contribution in [3.8, 4) is 0 Å². The SMILES string of the molecule is Cc1ccc(S(=O)(=O)N(CC(=O)OC(C)(C)C)C[C@H](C)NC(=O)OC(C)(C)C)cc1. The van der Waals surface area contributed by atoms with Gasteiger partial charge in [0.25, 0.3) is 0 Å². The molecule has 1 amide bonds. The number of carbonyl (C=O) groups is 2. The monoisotopic (exact) mass is 442 g/mol. The Morgan fingerprint density at radius 1 is 1.00 bits per heavy atom. The van der Waals surface area contributed by atoms with Crippen LogP contribution in [0.3, 0.4) is 0 Å². The van der Waals surface area contributed by atoms with Crippen molar-refractivity contribution in [2.45, 2.75) is 77.5 Å². The number of amides is 1. The van der Waals surface area contributed by atoms with Gasteiger partial charge in [-0.15, -0.1) is 0 Å². The first-order chi connectivity index (χ1) is 13.5. The third-order valence-corrected chi connectivity index (χ3v) is 5.45. The molecule has 0 saturated heterocycles. The summed E-state index contributed by atoms with van der Waals surface area (Å²) in [6.45, 7) is 13.2. The summed E-state index contributed by atoms with van der Waals surface area (Å²) in [6, 6.07) is 5.72. The number of sulfonamides is 1. The van der Waals surface area contributed by atoms with Crippen molar-refractivity contribution in [3.63, 3.8) is 0 Å². The van der Waals surface area contributed by atoms with E-state index in [9.17, 15) is 18.0 Å². The zero-order valence-corrected chi connectivity index (χ0v) is 19.9. The summed E-state index contributed by atoms with van der Waals surface area (Å²) in [4.78, 5) is 24.4. The largest absolute Gasteiger partial charge is 0.459 e. The van der Waals surface area contributed by atoms with Gasteiger partial charge in [0.2, 0.25) is 10.0 Å². The van der Waals surface area contributed by atoms with Gasteiger partial charge < -0.3 is 14.8 Å². The Labute approximate surface area is 180 Å². The first kappa shape index (κ1) is 25.9. The molecule has 0 aliphatic rings. The van der Waals surface area contributed by atoms with Crippen molar-refractivity contribution < 1.29 is 27.5 Å². The molecule has 0 radical (unpaired) electrons. The number of alkyl carbamates (subject to hydrolysis) is 1. The van der Waals surface area contributed by atoms with Crippen LogP contribution in [-0.4, -0.2) is 55.1 Å². The van der Waals surface area contributed by atoms with Gasteiger partial charge in [0.15, 0.2) is 0 Å². The summed E-state index contributed by atoms with van der Waals surface area (Å²) >= 11 is 0. The van der Waals surface area contributed by atoms with Gasteiger partial charge in [0.1, 0.15) is 17.7 Å². The van der Waals surface area contributed by atoms with Crippen LogP contribution in [0, 0.1) is 6.92 Å². The lowest BCUT2D eigenvalue weighted by Crippen LogP contribution is -2.47. The molecule has 1 rings (SSSR count). The third-order valence-electron chi connectivity index (χ3n) is 3.62. The quantitative estimate of drug-likeness (QED) is 0.651. The second-order valence-electron chi connectivity index (χ2n) is 9.24. The molecule has 8 nitrogen and oxygen atoms in total. The molecule has 0 unspecified atom stereocenters. The molecule has 0 heterocycles. The van der Waals surface area contributed by atoms with E-state index in [4.69, 9.17) is 9.47 Å². The summed E-state index contributed by atoms with van der Waals surface area (Å²) in [6.07, 6.45) is -0.667. The minimum absolute atomic E-state index is 0.0566. The molecule has 0 aliphatic heterocycles. The molecule has 1 aromatic rings. The number of hydrogen-bond acceptors (Lipinski definition) is 6. The van der Waals surface area contributed by atoms with Gasteiger partial charge in [-0.3, -0.25) is 4.79 Å². The van der Waals surface area contributed by atoms with Crippen molar-refractivity contribution in [2.75, 3.05) is 13.1 Å². The van der Waals surface area contributed by atoms with E-state index >= 15 is 0 Å². The van der Waals surface area contributed by atoms with Gasteiger partial charge in [0, 0.05) is 12.6 Å². The number of nitrogens with zero attached hydrogens (tertiary/aromatic N) is 1. The number of ether oxygens (including phenoxy) is 2. The standard InChI is InChI=1S/C21H34N2O6S/c1-15-9-11-17(12-10-15)30(26,27)23(14-18(24)28-20(3,4)5)13-16(2)22-19(25)29-21(6,7)8/h9-12,16H,13-14H2,1-8H3,(H,22,25)/t16-/m0/s1. The number of benzene rings is 1. The lowest BCUT2D eigenvalue weighted by molar-refractivity contribution is -0.155. The number of hydrogen-bond donors (Lipinski definition) is 1. The van der Waals surface area contributed by atoms with Crippen LogP contribution in [0.25, 0.3) is 0 Å². The van der Waals surface area contributed by atoms with Crippen molar-refractivity contribution in [2.24, 2.45) is 0 Å². The summed E-state index contributed by atoms with van der Waals surface area (Å²) in [5, 5.41) is 2.60. The molecule has 9 heteroatoms. The van der Waals surface area contributed by atoms with E-state index in [2.05, 4.69) is 5.32 Å². The highest BCUT2D eigenvalue weighted by molar-refractivity contribution is 7.89. The van der Waals surface area contributed by atoms with E-state index < -0.39 is 45.9 Å². The van der Waals surface area contributed by atoms with Crippen LogP contribution < -0.4 is 5.32 Å². The Bertz CT molecular complexity index is 836. The predicted octanol–water partition coefficient (Wildman–Crippen LogP) is 3.24. The number of aryl methyl sites for hydroxylation is 1. The number of esters is 1. The van der Waals surface area contributed by atoms with Crippen molar-refractivity contribution in [1.29, 1.82) is 0 Å². The molecule has 170 valence electrons. The van der Waals surface area contributed by atoms with Gasteiger partial charge >= 0.3 is 12.1 Å². The van der Waals surface area contributed by atoms with Crippen molar-refractivity contribution in [1.82, 2.24) is 9.62 Å². The van der Waals surface area contributed by atoms with Crippen LogP contribution in [0.5, 0.6) is 0 Å². The van der Waals surface area contributed by atoms with Gasteiger partial charge in [0.05, 0.1) is 4.90 Å². The molecule has 1 aromatic carbocycles. The fourth-order valence-corrected chi connectivity index (χ4v) is 3.96. The maximum Gasteiger partial charge on any atom is 0.407 e. The summed E-state index contributed by atoms with van der Waals surface area (Å²) in [5.74, 6) is -0.678. The third kappa shape index (κ3) is 9.13. The highest BCUT2D eigenvalue weighted by Crippen LogP contribution is 2.18. The molecular weight excluding hydrogens is 408 g/mol. The summed E-state index contributed by atoms with van der Waals surface area (Å²) in [5.41, 5.74) is -0.530. The van der Waals surface area contributed by atoms with Gasteiger partial charge in [-0.05, 0) is 67.5 Å². The zero-order chi connectivity index (χ0) is 23.3. The Balaban J connectivity index is 3.07. The Morgan fingerprint density at radius 3 is 1.97 bits per heavy atom. The van der Waals surface area contributed by atoms with Gasteiger partial charge in [-0.25, -0.2) is 13.2 Å². The van der Waals surface area contributed by atoms with Crippen LogP contribution in [0.1, 0.15) is 54.0 Å². The number of carbonyl (C=O) groups excluding carboxylic acids is 2. The molecular formula is C21H34N2O6S. The average molecular weight is 443 g/mol. The molecule has 0 fully saturated rings. The molecule has 0 saturated carbocycles. The molecule has 0 spiro atoms. The van der Waals surface area contributed by atoms with E-state index in [1.807, 2.05) is 6.92 Å². The molecule has 30 heavy (non-hydrogen) atoms. The van der Waals surface area contributed by atoms with Gasteiger partial charge in [-0.2, -0.15) is 4.31 Å². The smallest absolute Gasteiger partial charge is 0.407 e. The van der Waals surface area contributed by atoms with E-state index in [0.29, 0.717) is 0 Å². The lowest BCUT2D eigenvalue weighted by atomic mass is 10.2. The van der Waals surface area contributed by atoms with Crippen molar-refractivity contribution in [3.05, 3.63) is 29.8 Å². The second-order valence-corrected chi connectivity index (χ2v) is 11.2. The van der Waals surface area contributed by atoms with Crippen LogP contribution in [0.15, 0.2) is 29.2 Å². The van der Waals surface area contributed by atoms with Gasteiger partial charge in [-0.1, -0.05) is 17.7 Å². The molecule has 0 bridgehead atoms. The van der Waals surface area contributed by atoms with Crippen LogP contribution in [0.4, 0.5) is 4.79 Å². The van der Waals surface area contributed by atoms with Crippen molar-refractivity contribution >= 4 is 22.1 Å². The molecule has 1 N–H and O–H groups in total. The normalized spacial score (nSPS) is 13.6. The molecule has 0 aromatic heterocycles. The molecule has 1 atom stereocenters. The van der Waals surface area contributed by atoms with E-state index in [-0.39, 0.29) is 11.4 Å². The van der Waals surface area contributed by atoms with E-state index in [0.717, 1.165) is 9.87 Å². The van der Waals surface area contributed by atoms with Crippen LogP contribution in [0.2, 0.25) is 0 Å². The van der Waals surface area contributed by atoms with Crippen LogP contribution in [-0.2, 0) is 24.3 Å². The topological polar surface area (TPSA) is 102 Å². The maximum atomic E-state index is 13.2. The van der Waals surface area contributed by atoms with E-state index in [1.54, 1.807) is 60.6 Å². The fraction of sp³-hybridized carbons (Fsp3) is 0.619. The molecule has 0 aliphatic carbocycles. The Hall–Kier alpha value is -2.13. The minimum Gasteiger partial charge on any atom is -0.459 e.